The third kappa shape index (κ3) is 4.72. The lowest BCUT2D eigenvalue weighted by atomic mass is 10.4. The van der Waals surface area contributed by atoms with E-state index in [4.69, 9.17) is 17.0 Å². The number of thioether (sulfide) groups is 1. The molecule has 0 spiro atoms. The van der Waals surface area contributed by atoms with Crippen LogP contribution >= 0.6 is 35.3 Å². The van der Waals surface area contributed by atoms with E-state index in [0.717, 1.165) is 5.01 Å². The van der Waals surface area contributed by atoms with Gasteiger partial charge >= 0.3 is 5.97 Å². The molecule has 0 bridgehead atoms. The number of hydrogen-bond donors (Lipinski definition) is 1. The summed E-state index contributed by atoms with van der Waals surface area (Å²) in [5.41, 5.74) is 0.594. The number of rotatable bonds is 6. The number of aryl methyl sites for hydroxylation is 2. The van der Waals surface area contributed by atoms with Gasteiger partial charge in [0, 0.05) is 13.1 Å². The Morgan fingerprint density at radius 3 is 2.74 bits per heavy atom. The molecule has 0 aliphatic carbocycles. The molecule has 0 unspecified atom stereocenters. The van der Waals surface area contributed by atoms with E-state index in [0.29, 0.717) is 27.2 Å². The number of hydrogen-bond acceptors (Lipinski definition) is 8. The van der Waals surface area contributed by atoms with E-state index in [9.17, 15) is 14.4 Å². The fraction of sp³-hybridized carbons (Fsp3) is 0.462. The van der Waals surface area contributed by atoms with E-state index in [-0.39, 0.29) is 19.1 Å². The summed E-state index contributed by atoms with van der Waals surface area (Å²) in [7, 11) is 0. The molecule has 1 aromatic rings. The van der Waals surface area contributed by atoms with Gasteiger partial charge in [0.2, 0.25) is 5.91 Å². The first kappa shape index (κ1) is 17.8. The zero-order valence-corrected chi connectivity index (χ0v) is 15.0. The van der Waals surface area contributed by atoms with Crippen molar-refractivity contribution < 1.29 is 19.1 Å². The van der Waals surface area contributed by atoms with Crippen molar-refractivity contribution in [3.05, 3.63) is 15.6 Å². The summed E-state index contributed by atoms with van der Waals surface area (Å²) in [6.45, 7) is 3.71. The molecule has 10 heteroatoms. The van der Waals surface area contributed by atoms with Crippen LogP contribution in [0.2, 0.25) is 0 Å². The highest BCUT2D eigenvalue weighted by molar-refractivity contribution is 8.23. The average molecular weight is 373 g/mol. The van der Waals surface area contributed by atoms with Crippen molar-refractivity contribution in [2.75, 3.05) is 25.4 Å². The Labute approximate surface area is 146 Å². The third-order valence-corrected chi connectivity index (χ3v) is 5.41. The van der Waals surface area contributed by atoms with Gasteiger partial charge in [0.1, 0.15) is 9.20 Å². The lowest BCUT2D eigenvalue weighted by Crippen LogP contribution is -2.38. The van der Waals surface area contributed by atoms with Crippen LogP contribution in [0.5, 0.6) is 0 Å². The summed E-state index contributed by atoms with van der Waals surface area (Å²) in [5, 5.41) is 3.35. The van der Waals surface area contributed by atoms with Gasteiger partial charge in [0.25, 0.3) is 5.91 Å². The molecular weight excluding hydrogens is 358 g/mol. The quantitative estimate of drug-likeness (QED) is 0.585. The molecule has 0 radical (unpaired) electrons. The van der Waals surface area contributed by atoms with Gasteiger partial charge in [0.05, 0.1) is 16.5 Å². The maximum atomic E-state index is 11.8. The van der Waals surface area contributed by atoms with Crippen molar-refractivity contribution in [1.82, 2.24) is 15.2 Å². The van der Waals surface area contributed by atoms with Crippen LogP contribution in [0.4, 0.5) is 0 Å². The Morgan fingerprint density at radius 2 is 2.17 bits per heavy atom. The zero-order chi connectivity index (χ0) is 17.0. The van der Waals surface area contributed by atoms with Crippen molar-refractivity contribution in [2.24, 2.45) is 0 Å². The average Bonchev–Trinajstić information content (AvgIpc) is 3.00. The van der Waals surface area contributed by atoms with Crippen LogP contribution in [0.15, 0.2) is 0 Å². The Morgan fingerprint density at radius 1 is 1.43 bits per heavy atom. The van der Waals surface area contributed by atoms with Gasteiger partial charge in [-0.1, -0.05) is 24.0 Å². The summed E-state index contributed by atoms with van der Waals surface area (Å²) in [5.74, 6) is -0.701. The van der Waals surface area contributed by atoms with Crippen LogP contribution in [0.25, 0.3) is 0 Å². The first-order valence-electron chi connectivity index (χ1n) is 6.73. The van der Waals surface area contributed by atoms with Crippen molar-refractivity contribution in [2.45, 2.75) is 13.8 Å². The number of carbonyl (C=O) groups excluding carboxylic acids is 3. The van der Waals surface area contributed by atoms with Crippen molar-refractivity contribution in [3.8, 4) is 0 Å². The second-order valence-electron chi connectivity index (χ2n) is 4.67. The number of ether oxygens (including phenoxy) is 1. The largest absolute Gasteiger partial charge is 0.451 e. The van der Waals surface area contributed by atoms with Crippen molar-refractivity contribution >= 4 is 57.4 Å². The fourth-order valence-electron chi connectivity index (χ4n) is 1.87. The normalized spacial score (nSPS) is 14.3. The van der Waals surface area contributed by atoms with Crippen LogP contribution in [-0.2, 0) is 14.3 Å². The number of thiazole rings is 1. The number of thiocarbonyl (C=S) groups is 1. The SMILES string of the molecule is Cc1nc(C)c(C(=O)OCC(=O)NCCN2C(=O)CSC2=S)s1. The molecule has 1 aliphatic heterocycles. The number of amides is 2. The van der Waals surface area contributed by atoms with Crippen molar-refractivity contribution in [1.29, 1.82) is 0 Å². The molecule has 1 saturated heterocycles. The molecule has 0 atom stereocenters. The molecule has 124 valence electrons. The van der Waals surface area contributed by atoms with Crippen LogP contribution in [-0.4, -0.2) is 57.4 Å². The Hall–Kier alpha value is -1.52. The Kier molecular flexibility index (Phi) is 6.08. The molecule has 1 fully saturated rings. The van der Waals surface area contributed by atoms with Gasteiger partial charge in [-0.3, -0.25) is 14.5 Å². The third-order valence-electron chi connectivity index (χ3n) is 2.92. The highest BCUT2D eigenvalue weighted by atomic mass is 32.2. The molecule has 1 N–H and O–H groups in total. The number of nitrogens with one attached hydrogen (secondary N) is 1. The number of aromatic nitrogens is 1. The molecule has 2 heterocycles. The molecular formula is C13H15N3O4S3. The minimum atomic E-state index is -0.560. The molecule has 7 nitrogen and oxygen atoms in total. The van der Waals surface area contributed by atoms with Crippen LogP contribution in [0.1, 0.15) is 20.4 Å². The minimum absolute atomic E-state index is 0.0586. The van der Waals surface area contributed by atoms with E-state index >= 15 is 0 Å². The predicted molar refractivity (Wildman–Crippen MR) is 91.6 cm³/mol. The number of esters is 1. The van der Waals surface area contributed by atoms with Gasteiger partial charge in [-0.05, 0) is 13.8 Å². The summed E-state index contributed by atoms with van der Waals surface area (Å²) < 4.78 is 5.48. The molecule has 2 amide bonds. The van der Waals surface area contributed by atoms with Gasteiger partial charge in [0.15, 0.2) is 6.61 Å². The van der Waals surface area contributed by atoms with E-state index in [1.165, 1.54) is 28.0 Å². The predicted octanol–water partition coefficient (Wildman–Crippen LogP) is 0.893. The zero-order valence-electron chi connectivity index (χ0n) is 12.6. The van der Waals surface area contributed by atoms with E-state index in [2.05, 4.69) is 10.3 Å². The second-order valence-corrected chi connectivity index (χ2v) is 7.49. The molecule has 1 aliphatic rings. The van der Waals surface area contributed by atoms with Gasteiger partial charge in [-0.25, -0.2) is 9.78 Å². The molecule has 23 heavy (non-hydrogen) atoms. The first-order valence-corrected chi connectivity index (χ1v) is 8.94. The van der Waals surface area contributed by atoms with Crippen LogP contribution < -0.4 is 5.32 Å². The number of nitrogens with zero attached hydrogens (tertiary/aromatic N) is 2. The lowest BCUT2D eigenvalue weighted by molar-refractivity contribution is -0.126. The van der Waals surface area contributed by atoms with Gasteiger partial charge < -0.3 is 10.1 Å². The highest BCUT2D eigenvalue weighted by Gasteiger charge is 2.26. The minimum Gasteiger partial charge on any atom is -0.451 e. The van der Waals surface area contributed by atoms with Gasteiger partial charge in [-0.2, -0.15) is 0 Å². The van der Waals surface area contributed by atoms with E-state index in [1.807, 2.05) is 0 Å². The van der Waals surface area contributed by atoms with E-state index < -0.39 is 11.9 Å². The smallest absolute Gasteiger partial charge is 0.350 e. The lowest BCUT2D eigenvalue weighted by Gasteiger charge is -2.15. The summed E-state index contributed by atoms with van der Waals surface area (Å²) >= 11 is 7.57. The fourth-order valence-corrected chi connectivity index (χ4v) is 3.81. The monoisotopic (exact) mass is 373 g/mol. The molecule has 1 aromatic heterocycles. The maximum Gasteiger partial charge on any atom is 0.350 e. The standard InChI is InChI=1S/C13H15N3O4S3/c1-7-11(23-8(2)15-7)12(19)20-5-9(17)14-3-4-16-10(18)6-22-13(16)21/h3-6H2,1-2H3,(H,14,17). The topological polar surface area (TPSA) is 88.6 Å². The maximum absolute atomic E-state index is 11.8. The molecule has 0 aromatic carbocycles. The molecule has 2 rings (SSSR count). The van der Waals surface area contributed by atoms with Gasteiger partial charge in [-0.15, -0.1) is 11.3 Å². The number of carbonyl (C=O) groups is 3. The van der Waals surface area contributed by atoms with Crippen LogP contribution in [0.3, 0.4) is 0 Å². The Bertz CT molecular complexity index is 643. The highest BCUT2D eigenvalue weighted by Crippen LogP contribution is 2.19. The summed E-state index contributed by atoms with van der Waals surface area (Å²) in [6.07, 6.45) is 0. The van der Waals surface area contributed by atoms with Crippen molar-refractivity contribution in [3.63, 3.8) is 0 Å². The van der Waals surface area contributed by atoms with E-state index in [1.54, 1.807) is 13.8 Å². The Balaban J connectivity index is 1.71. The first-order chi connectivity index (χ1) is 10.9. The molecule has 0 saturated carbocycles. The summed E-state index contributed by atoms with van der Waals surface area (Å²) in [6, 6.07) is 0. The summed E-state index contributed by atoms with van der Waals surface area (Å²) in [4.78, 5) is 41.0. The second kappa shape index (κ2) is 7.84. The van der Waals surface area contributed by atoms with Crippen LogP contribution in [0, 0.1) is 13.8 Å².